The summed E-state index contributed by atoms with van der Waals surface area (Å²) in [5, 5.41) is 3.01. The molecule has 0 spiro atoms. The van der Waals surface area contributed by atoms with E-state index in [0.29, 0.717) is 37.5 Å². The molecule has 1 unspecified atom stereocenters. The molecule has 2 amide bonds. The molecule has 0 aromatic heterocycles. The normalized spacial score (nSPS) is 11.5. The number of ether oxygens (including phenoxy) is 3. The molecule has 1 N–H and O–H groups in total. The van der Waals surface area contributed by atoms with Gasteiger partial charge < -0.3 is 24.4 Å². The fourth-order valence-corrected chi connectivity index (χ4v) is 4.13. The number of rotatable bonds is 14. The third-order valence-corrected chi connectivity index (χ3v) is 6.05. The van der Waals surface area contributed by atoms with Gasteiger partial charge in [0, 0.05) is 25.4 Å². The van der Waals surface area contributed by atoms with Crippen molar-refractivity contribution in [2.75, 3.05) is 20.8 Å². The van der Waals surface area contributed by atoms with Crippen LogP contribution in [0.15, 0.2) is 78.9 Å². The van der Waals surface area contributed by atoms with Gasteiger partial charge in [-0.2, -0.15) is 0 Å². The van der Waals surface area contributed by atoms with Crippen LogP contribution in [-0.2, 0) is 22.6 Å². The van der Waals surface area contributed by atoms with E-state index in [2.05, 4.69) is 5.32 Å². The Kier molecular flexibility index (Phi) is 11.0. The SMILES string of the molecule is COc1ccc(OCCCC(=O)N(Cc2cccc(OC)c2)C(Cc2ccccc2)C(=O)NC(C)C)cc1. The fraction of sp³-hybridized carbons (Fsp3) is 0.355. The van der Waals surface area contributed by atoms with E-state index in [-0.39, 0.29) is 24.3 Å². The van der Waals surface area contributed by atoms with E-state index in [1.54, 1.807) is 19.1 Å². The molecule has 0 bridgehead atoms. The lowest BCUT2D eigenvalue weighted by Crippen LogP contribution is -2.51. The maximum Gasteiger partial charge on any atom is 0.243 e. The Balaban J connectivity index is 1.78. The Hall–Kier alpha value is -4.00. The molecular formula is C31H38N2O5. The summed E-state index contributed by atoms with van der Waals surface area (Å²) in [7, 11) is 3.23. The van der Waals surface area contributed by atoms with Crippen molar-refractivity contribution in [1.29, 1.82) is 0 Å². The van der Waals surface area contributed by atoms with Gasteiger partial charge in [0.15, 0.2) is 0 Å². The fourth-order valence-electron chi connectivity index (χ4n) is 4.13. The van der Waals surface area contributed by atoms with E-state index in [1.807, 2.05) is 92.7 Å². The van der Waals surface area contributed by atoms with Crippen molar-refractivity contribution < 1.29 is 23.8 Å². The van der Waals surface area contributed by atoms with Crippen molar-refractivity contribution in [1.82, 2.24) is 10.2 Å². The van der Waals surface area contributed by atoms with Crippen LogP contribution in [0.1, 0.15) is 37.8 Å². The van der Waals surface area contributed by atoms with Gasteiger partial charge in [-0.1, -0.05) is 42.5 Å². The predicted molar refractivity (Wildman–Crippen MR) is 148 cm³/mol. The van der Waals surface area contributed by atoms with Gasteiger partial charge in [0.2, 0.25) is 11.8 Å². The summed E-state index contributed by atoms with van der Waals surface area (Å²) in [6.45, 7) is 4.51. The Morgan fingerprint density at radius 3 is 2.13 bits per heavy atom. The summed E-state index contributed by atoms with van der Waals surface area (Å²) in [6.07, 6.45) is 1.18. The van der Waals surface area contributed by atoms with Crippen molar-refractivity contribution in [3.63, 3.8) is 0 Å². The highest BCUT2D eigenvalue weighted by molar-refractivity contribution is 5.88. The molecule has 0 aliphatic rings. The molecule has 3 aromatic rings. The van der Waals surface area contributed by atoms with E-state index >= 15 is 0 Å². The average molecular weight is 519 g/mol. The minimum absolute atomic E-state index is 0.0487. The first-order valence-corrected chi connectivity index (χ1v) is 12.9. The van der Waals surface area contributed by atoms with Crippen LogP contribution in [0.3, 0.4) is 0 Å². The molecule has 0 heterocycles. The zero-order chi connectivity index (χ0) is 27.3. The Bertz CT molecular complexity index is 1150. The maximum atomic E-state index is 13.7. The van der Waals surface area contributed by atoms with Crippen LogP contribution in [0.4, 0.5) is 0 Å². The summed E-state index contributed by atoms with van der Waals surface area (Å²) < 4.78 is 16.4. The summed E-state index contributed by atoms with van der Waals surface area (Å²) in [5.74, 6) is 1.89. The lowest BCUT2D eigenvalue weighted by atomic mass is 10.0. The number of carbonyl (C=O) groups excluding carboxylic acids is 2. The van der Waals surface area contributed by atoms with Gasteiger partial charge in [0.25, 0.3) is 0 Å². The van der Waals surface area contributed by atoms with Crippen molar-refractivity contribution in [2.45, 2.75) is 51.7 Å². The van der Waals surface area contributed by atoms with Gasteiger partial charge in [0.1, 0.15) is 23.3 Å². The van der Waals surface area contributed by atoms with Crippen LogP contribution < -0.4 is 19.5 Å². The van der Waals surface area contributed by atoms with Crippen molar-refractivity contribution in [3.05, 3.63) is 90.0 Å². The van der Waals surface area contributed by atoms with Gasteiger partial charge in [0.05, 0.1) is 20.8 Å². The minimum atomic E-state index is -0.666. The highest BCUT2D eigenvalue weighted by Gasteiger charge is 2.30. The van der Waals surface area contributed by atoms with Gasteiger partial charge in [-0.3, -0.25) is 9.59 Å². The third-order valence-electron chi connectivity index (χ3n) is 6.05. The van der Waals surface area contributed by atoms with E-state index < -0.39 is 6.04 Å². The van der Waals surface area contributed by atoms with E-state index in [1.165, 1.54) is 0 Å². The molecule has 7 nitrogen and oxygen atoms in total. The first kappa shape index (κ1) is 28.6. The number of nitrogens with zero attached hydrogens (tertiary/aromatic N) is 1. The first-order valence-electron chi connectivity index (χ1n) is 12.9. The molecule has 1 atom stereocenters. The smallest absolute Gasteiger partial charge is 0.243 e. The molecule has 0 saturated heterocycles. The molecule has 0 radical (unpaired) electrons. The lowest BCUT2D eigenvalue weighted by Gasteiger charge is -2.32. The van der Waals surface area contributed by atoms with Crippen LogP contribution in [0.5, 0.6) is 17.2 Å². The molecule has 3 rings (SSSR count). The molecular weight excluding hydrogens is 480 g/mol. The summed E-state index contributed by atoms with van der Waals surface area (Å²) in [4.78, 5) is 28.8. The number of nitrogens with one attached hydrogen (secondary N) is 1. The first-order chi connectivity index (χ1) is 18.4. The Morgan fingerprint density at radius 1 is 0.816 bits per heavy atom. The number of methoxy groups -OCH3 is 2. The molecule has 3 aromatic carbocycles. The molecule has 0 aliphatic heterocycles. The highest BCUT2D eigenvalue weighted by atomic mass is 16.5. The second kappa shape index (κ2) is 14.7. The minimum Gasteiger partial charge on any atom is -0.497 e. The third kappa shape index (κ3) is 8.83. The van der Waals surface area contributed by atoms with Gasteiger partial charge in [-0.15, -0.1) is 0 Å². The quantitative estimate of drug-likeness (QED) is 0.303. The molecule has 38 heavy (non-hydrogen) atoms. The Morgan fingerprint density at radius 2 is 1.47 bits per heavy atom. The van der Waals surface area contributed by atoms with E-state index in [4.69, 9.17) is 14.2 Å². The van der Waals surface area contributed by atoms with Crippen LogP contribution in [-0.4, -0.2) is 49.6 Å². The second-order valence-electron chi connectivity index (χ2n) is 9.37. The monoisotopic (exact) mass is 518 g/mol. The summed E-state index contributed by atoms with van der Waals surface area (Å²) in [5.41, 5.74) is 1.88. The zero-order valence-electron chi connectivity index (χ0n) is 22.7. The van der Waals surface area contributed by atoms with E-state index in [9.17, 15) is 9.59 Å². The lowest BCUT2D eigenvalue weighted by molar-refractivity contribution is -0.141. The largest absolute Gasteiger partial charge is 0.497 e. The molecule has 0 saturated carbocycles. The summed E-state index contributed by atoms with van der Waals surface area (Å²) in [6, 6.07) is 24.0. The van der Waals surface area contributed by atoms with Crippen molar-refractivity contribution >= 4 is 11.8 Å². The molecule has 7 heteroatoms. The number of carbonyl (C=O) groups is 2. The molecule has 0 fully saturated rings. The highest BCUT2D eigenvalue weighted by Crippen LogP contribution is 2.20. The van der Waals surface area contributed by atoms with Gasteiger partial charge >= 0.3 is 0 Å². The molecule has 0 aliphatic carbocycles. The number of hydrogen-bond acceptors (Lipinski definition) is 5. The Labute approximate surface area is 225 Å². The number of hydrogen-bond donors (Lipinski definition) is 1. The van der Waals surface area contributed by atoms with Crippen LogP contribution in [0.2, 0.25) is 0 Å². The van der Waals surface area contributed by atoms with Crippen LogP contribution in [0.25, 0.3) is 0 Å². The van der Waals surface area contributed by atoms with Crippen molar-refractivity contribution in [2.24, 2.45) is 0 Å². The number of amides is 2. The van der Waals surface area contributed by atoms with Crippen LogP contribution >= 0.6 is 0 Å². The summed E-state index contributed by atoms with van der Waals surface area (Å²) >= 11 is 0. The standard InChI is InChI=1S/C31H38N2O5/c1-23(2)32-31(35)29(21-24-10-6-5-7-11-24)33(22-25-12-8-13-28(20-25)37-4)30(34)14-9-19-38-27-17-15-26(36-3)16-18-27/h5-8,10-13,15-18,20,23,29H,9,14,19,21-22H2,1-4H3,(H,32,35). The zero-order valence-corrected chi connectivity index (χ0v) is 22.7. The van der Waals surface area contributed by atoms with Crippen molar-refractivity contribution in [3.8, 4) is 17.2 Å². The van der Waals surface area contributed by atoms with Gasteiger partial charge in [-0.25, -0.2) is 0 Å². The second-order valence-corrected chi connectivity index (χ2v) is 9.37. The predicted octanol–water partition coefficient (Wildman–Crippen LogP) is 5.03. The van der Waals surface area contributed by atoms with Gasteiger partial charge in [-0.05, 0) is 67.8 Å². The van der Waals surface area contributed by atoms with Crippen LogP contribution in [0, 0.1) is 0 Å². The average Bonchev–Trinajstić information content (AvgIpc) is 2.93. The molecule has 202 valence electrons. The van der Waals surface area contributed by atoms with E-state index in [0.717, 1.165) is 16.9 Å². The maximum absolute atomic E-state index is 13.7. The number of benzene rings is 3. The topological polar surface area (TPSA) is 77.1 Å².